The number of hydrogen-bond donors (Lipinski definition) is 1. The van der Waals surface area contributed by atoms with E-state index < -0.39 is 11.6 Å². The van der Waals surface area contributed by atoms with Gasteiger partial charge in [0.2, 0.25) is 0 Å². The number of esters is 1. The van der Waals surface area contributed by atoms with Crippen molar-refractivity contribution < 1.29 is 14.6 Å². The molecule has 0 amide bonds. The number of carbonyl (C=O) groups excluding carboxylic acids is 1. The minimum Gasteiger partial charge on any atom is -0.511 e. The fourth-order valence-electron chi connectivity index (χ4n) is 4.13. The van der Waals surface area contributed by atoms with Gasteiger partial charge in [0.25, 0.3) is 0 Å². The first-order chi connectivity index (χ1) is 15.1. The summed E-state index contributed by atoms with van der Waals surface area (Å²) in [5, 5.41) is 11.1. The summed E-state index contributed by atoms with van der Waals surface area (Å²) in [6.07, 6.45) is 1.49. The molecule has 3 aromatic rings. The van der Waals surface area contributed by atoms with Gasteiger partial charge in [-0.2, -0.15) is 0 Å². The van der Waals surface area contributed by atoms with Gasteiger partial charge >= 0.3 is 5.97 Å². The lowest BCUT2D eigenvalue weighted by molar-refractivity contribution is -0.160. The second kappa shape index (κ2) is 9.00. The maximum atomic E-state index is 13.3. The number of cyclic esters (lactones) is 1. The smallest absolute Gasteiger partial charge is 0.344 e. The summed E-state index contributed by atoms with van der Waals surface area (Å²) >= 11 is 0. The Bertz CT molecular complexity index is 1100. The highest BCUT2D eigenvalue weighted by molar-refractivity contribution is 6.27. The van der Waals surface area contributed by atoms with Crippen LogP contribution in [0.3, 0.4) is 0 Å². The molecule has 1 unspecified atom stereocenters. The summed E-state index contributed by atoms with van der Waals surface area (Å²) in [6, 6.07) is 29.1. The molecule has 4 rings (SSSR count). The SMILES string of the molecule is C/N=C(/C1=C(O)CC(CCc2ccccc2)(c2ccccc2)OC1=O)c1ccccc1. The molecule has 0 aliphatic carbocycles. The largest absolute Gasteiger partial charge is 0.511 e. The Labute approximate surface area is 182 Å². The molecule has 0 saturated heterocycles. The van der Waals surface area contributed by atoms with Crippen molar-refractivity contribution in [2.45, 2.75) is 24.9 Å². The van der Waals surface area contributed by atoms with E-state index >= 15 is 0 Å². The zero-order chi connectivity index (χ0) is 21.7. The van der Waals surface area contributed by atoms with Crippen molar-refractivity contribution in [3.8, 4) is 0 Å². The maximum Gasteiger partial charge on any atom is 0.344 e. The maximum absolute atomic E-state index is 13.3. The van der Waals surface area contributed by atoms with E-state index in [1.165, 1.54) is 0 Å². The van der Waals surface area contributed by atoms with Crippen LogP contribution in [0, 0.1) is 0 Å². The first-order valence-corrected chi connectivity index (χ1v) is 10.4. The molecular weight excluding hydrogens is 386 g/mol. The molecule has 0 bridgehead atoms. The van der Waals surface area contributed by atoms with Crippen LogP contribution in [0.4, 0.5) is 0 Å². The van der Waals surface area contributed by atoms with Gasteiger partial charge in [0, 0.05) is 12.6 Å². The summed E-state index contributed by atoms with van der Waals surface area (Å²) in [4.78, 5) is 17.6. The molecule has 4 nitrogen and oxygen atoms in total. The highest BCUT2D eigenvalue weighted by atomic mass is 16.6. The monoisotopic (exact) mass is 411 g/mol. The Hall–Kier alpha value is -3.66. The Morgan fingerprint density at radius 1 is 0.935 bits per heavy atom. The number of nitrogens with zero attached hydrogens (tertiary/aromatic N) is 1. The second-order valence-electron chi connectivity index (χ2n) is 7.67. The van der Waals surface area contributed by atoms with Crippen LogP contribution >= 0.6 is 0 Å². The molecule has 0 aromatic heterocycles. The van der Waals surface area contributed by atoms with Crippen LogP contribution in [0.5, 0.6) is 0 Å². The minimum atomic E-state index is -0.933. The topological polar surface area (TPSA) is 58.9 Å². The molecule has 1 atom stereocenters. The van der Waals surface area contributed by atoms with E-state index in [4.69, 9.17) is 4.74 Å². The quantitative estimate of drug-likeness (QED) is 0.437. The van der Waals surface area contributed by atoms with Gasteiger partial charge in [-0.25, -0.2) is 4.79 Å². The molecule has 31 heavy (non-hydrogen) atoms. The Balaban J connectivity index is 1.72. The number of aryl methyl sites for hydroxylation is 1. The van der Waals surface area contributed by atoms with Crippen LogP contribution in [-0.4, -0.2) is 23.8 Å². The predicted octanol–water partition coefficient (Wildman–Crippen LogP) is 5.39. The highest BCUT2D eigenvalue weighted by Crippen LogP contribution is 2.42. The Morgan fingerprint density at radius 2 is 1.52 bits per heavy atom. The molecular formula is C27H25NO3. The standard InChI is InChI=1S/C27H25NO3/c1-28-25(21-13-7-3-8-14-21)24-23(29)19-27(31-26(24)30,22-15-9-4-10-16-22)18-17-20-11-5-2-6-12-20/h2-16,29H,17-19H2,1H3/b28-25+. The van der Waals surface area contributed by atoms with Crippen LogP contribution in [0.2, 0.25) is 0 Å². The van der Waals surface area contributed by atoms with Crippen molar-refractivity contribution in [2.24, 2.45) is 4.99 Å². The lowest BCUT2D eigenvalue weighted by Gasteiger charge is -2.38. The zero-order valence-electron chi connectivity index (χ0n) is 17.5. The van der Waals surface area contributed by atoms with Gasteiger partial charge in [0.05, 0.1) is 12.1 Å². The summed E-state index contributed by atoms with van der Waals surface area (Å²) in [6.45, 7) is 0. The van der Waals surface area contributed by atoms with Gasteiger partial charge in [-0.15, -0.1) is 0 Å². The number of benzene rings is 3. The third-order valence-electron chi connectivity index (χ3n) is 5.70. The fourth-order valence-corrected chi connectivity index (χ4v) is 4.13. The van der Waals surface area contributed by atoms with E-state index in [0.717, 1.165) is 23.1 Å². The first kappa shape index (κ1) is 20.6. The third kappa shape index (κ3) is 4.29. The third-order valence-corrected chi connectivity index (χ3v) is 5.70. The Kier molecular flexibility index (Phi) is 5.99. The number of carbonyl (C=O) groups is 1. The van der Waals surface area contributed by atoms with Crippen molar-refractivity contribution >= 4 is 11.7 Å². The minimum absolute atomic E-state index is 0.0117. The molecule has 0 spiro atoms. The van der Waals surface area contributed by atoms with E-state index in [1.807, 2.05) is 78.9 Å². The molecule has 1 N–H and O–H groups in total. The van der Waals surface area contributed by atoms with Crippen molar-refractivity contribution in [1.29, 1.82) is 0 Å². The van der Waals surface area contributed by atoms with Crippen LogP contribution in [-0.2, 0) is 21.6 Å². The average Bonchev–Trinajstić information content (AvgIpc) is 2.82. The number of rotatable bonds is 6. The van der Waals surface area contributed by atoms with Crippen LogP contribution < -0.4 is 0 Å². The first-order valence-electron chi connectivity index (χ1n) is 10.4. The fraction of sp³-hybridized carbons (Fsp3) is 0.185. The lowest BCUT2D eigenvalue weighted by Crippen LogP contribution is -2.40. The van der Waals surface area contributed by atoms with Crippen molar-refractivity contribution in [3.05, 3.63) is 119 Å². The van der Waals surface area contributed by atoms with Gasteiger partial charge in [0.1, 0.15) is 16.9 Å². The number of aliphatic hydroxyl groups excluding tert-OH is 1. The van der Waals surface area contributed by atoms with E-state index in [0.29, 0.717) is 12.1 Å². The molecule has 0 fully saturated rings. The number of aliphatic hydroxyl groups is 1. The zero-order valence-corrected chi connectivity index (χ0v) is 17.5. The van der Waals surface area contributed by atoms with E-state index in [9.17, 15) is 9.90 Å². The molecule has 3 aromatic carbocycles. The van der Waals surface area contributed by atoms with E-state index in [1.54, 1.807) is 7.05 Å². The number of ether oxygens (including phenoxy) is 1. The summed E-state index contributed by atoms with van der Waals surface area (Å²) in [5.74, 6) is -0.539. The van der Waals surface area contributed by atoms with Gasteiger partial charge < -0.3 is 9.84 Å². The van der Waals surface area contributed by atoms with Gasteiger partial charge in [-0.1, -0.05) is 91.0 Å². The summed E-state index contributed by atoms with van der Waals surface area (Å²) < 4.78 is 6.13. The molecule has 1 aliphatic rings. The summed E-state index contributed by atoms with van der Waals surface area (Å²) in [5.41, 5.74) is 2.44. The van der Waals surface area contributed by atoms with E-state index in [2.05, 4.69) is 17.1 Å². The lowest BCUT2D eigenvalue weighted by atomic mass is 9.81. The Morgan fingerprint density at radius 3 is 2.10 bits per heavy atom. The molecule has 4 heteroatoms. The van der Waals surface area contributed by atoms with Crippen molar-refractivity contribution in [1.82, 2.24) is 0 Å². The van der Waals surface area contributed by atoms with Gasteiger partial charge in [0.15, 0.2) is 0 Å². The van der Waals surface area contributed by atoms with Crippen molar-refractivity contribution in [2.75, 3.05) is 7.05 Å². The number of aliphatic imine (C=N–C) groups is 1. The van der Waals surface area contributed by atoms with Gasteiger partial charge in [-0.3, -0.25) is 4.99 Å². The van der Waals surface area contributed by atoms with Crippen LogP contribution in [0.1, 0.15) is 29.5 Å². The molecule has 0 radical (unpaired) electrons. The summed E-state index contributed by atoms with van der Waals surface area (Å²) in [7, 11) is 1.62. The van der Waals surface area contributed by atoms with Crippen molar-refractivity contribution in [3.63, 3.8) is 0 Å². The molecule has 1 heterocycles. The van der Waals surface area contributed by atoms with Crippen LogP contribution in [0.25, 0.3) is 0 Å². The molecule has 0 saturated carbocycles. The number of hydrogen-bond acceptors (Lipinski definition) is 4. The second-order valence-corrected chi connectivity index (χ2v) is 7.67. The highest BCUT2D eigenvalue weighted by Gasteiger charge is 2.44. The van der Waals surface area contributed by atoms with E-state index in [-0.39, 0.29) is 17.8 Å². The molecule has 156 valence electrons. The molecule has 1 aliphatic heterocycles. The predicted molar refractivity (Wildman–Crippen MR) is 122 cm³/mol. The van der Waals surface area contributed by atoms with Gasteiger partial charge in [-0.05, 0) is 24.0 Å². The normalized spacial score (nSPS) is 19.3. The van der Waals surface area contributed by atoms with Crippen LogP contribution in [0.15, 0.2) is 107 Å². The average molecular weight is 412 g/mol.